The molecule has 2 aromatic rings. The first-order valence-corrected chi connectivity index (χ1v) is 13.2. The van der Waals surface area contributed by atoms with Gasteiger partial charge in [0, 0.05) is 31.1 Å². The Morgan fingerprint density at radius 2 is 1.62 bits per heavy atom. The molecule has 0 unspecified atom stereocenters. The third-order valence-electron chi connectivity index (χ3n) is 6.99. The number of hydrogen-bond donors (Lipinski definition) is 2. The summed E-state index contributed by atoms with van der Waals surface area (Å²) in [5.74, 6) is -1.16. The molecule has 0 aliphatic carbocycles. The predicted octanol–water partition coefficient (Wildman–Crippen LogP) is 3.60. The first-order valence-electron chi connectivity index (χ1n) is 11.8. The number of amides is 1. The van der Waals surface area contributed by atoms with E-state index in [0.717, 1.165) is 34.6 Å². The van der Waals surface area contributed by atoms with E-state index in [9.17, 15) is 49.1 Å². The van der Waals surface area contributed by atoms with Crippen LogP contribution in [0.4, 0.5) is 36.4 Å². The summed E-state index contributed by atoms with van der Waals surface area (Å²) in [7, 11) is -4.56. The van der Waals surface area contributed by atoms with Gasteiger partial charge in [0.2, 0.25) is 5.91 Å². The number of anilines is 1. The number of alkyl halides is 6. The number of aryl methyl sites for hydroxylation is 1. The lowest BCUT2D eigenvalue weighted by Gasteiger charge is -2.39. The molecule has 2 aliphatic heterocycles. The highest BCUT2D eigenvalue weighted by molar-refractivity contribution is 7.92. The van der Waals surface area contributed by atoms with Gasteiger partial charge in [-0.1, -0.05) is 12.1 Å². The highest BCUT2D eigenvalue weighted by Crippen LogP contribution is 2.51. The van der Waals surface area contributed by atoms with Gasteiger partial charge in [0.1, 0.15) is 5.82 Å². The summed E-state index contributed by atoms with van der Waals surface area (Å²) in [5, 5.41) is 9.82. The molecular formula is C24H24F7N3O4S. The van der Waals surface area contributed by atoms with Gasteiger partial charge in [-0.15, -0.1) is 0 Å². The number of aliphatic hydroxyl groups is 1. The second-order valence-corrected chi connectivity index (χ2v) is 11.4. The fraction of sp³-hybridized carbons (Fsp3) is 0.458. The predicted molar refractivity (Wildman–Crippen MR) is 124 cm³/mol. The van der Waals surface area contributed by atoms with Crippen molar-refractivity contribution in [3.8, 4) is 0 Å². The van der Waals surface area contributed by atoms with Crippen molar-refractivity contribution in [1.82, 2.24) is 4.90 Å². The quantitative estimate of drug-likeness (QED) is 0.524. The van der Waals surface area contributed by atoms with Crippen molar-refractivity contribution >= 4 is 21.6 Å². The van der Waals surface area contributed by atoms with Crippen LogP contribution >= 0.6 is 0 Å². The molecule has 1 fully saturated rings. The first kappa shape index (κ1) is 29.1. The molecule has 1 amide bonds. The van der Waals surface area contributed by atoms with E-state index in [-0.39, 0.29) is 43.1 Å². The van der Waals surface area contributed by atoms with Gasteiger partial charge in [0.25, 0.3) is 15.6 Å². The van der Waals surface area contributed by atoms with Gasteiger partial charge in [0.15, 0.2) is 0 Å². The number of halogens is 7. The zero-order valence-electron chi connectivity index (χ0n) is 20.1. The summed E-state index contributed by atoms with van der Waals surface area (Å²) in [5.41, 5.74) is -1.35. The summed E-state index contributed by atoms with van der Waals surface area (Å²) >= 11 is 0. The number of sulfonamides is 1. The van der Waals surface area contributed by atoms with E-state index >= 15 is 0 Å². The Bertz CT molecular complexity index is 1330. The number of rotatable bonds is 5. The van der Waals surface area contributed by atoms with Crippen LogP contribution < -0.4 is 10.0 Å². The molecule has 1 saturated heterocycles. The second kappa shape index (κ2) is 9.93. The van der Waals surface area contributed by atoms with Crippen LogP contribution in [0.1, 0.15) is 30.4 Å². The van der Waals surface area contributed by atoms with E-state index < -0.39 is 56.2 Å². The van der Waals surface area contributed by atoms with Crippen LogP contribution in [-0.4, -0.2) is 61.9 Å². The standard InChI is InChI=1S/C24H24F7N3O4S/c25-16-3-6-19(7-4-16)39(37,38)34-18(12-21(35)33-10-9-17(32)13-33)5-1-14-11-15(2-8-20(14)34)22(36,23(26,27)28)24(29,30)31/h2-4,6-8,11,17-18,36H,1,5,9-10,12-13,32H2/t17-,18-/m0/s1. The number of likely N-dealkylation sites (tertiary alicyclic amines) is 1. The zero-order chi connectivity index (χ0) is 29.0. The maximum atomic E-state index is 13.7. The number of benzene rings is 2. The van der Waals surface area contributed by atoms with Crippen molar-refractivity contribution in [2.45, 2.75) is 60.6 Å². The molecule has 0 spiro atoms. The Labute approximate surface area is 219 Å². The molecule has 2 atom stereocenters. The van der Waals surface area contributed by atoms with Crippen LogP contribution in [0.15, 0.2) is 47.4 Å². The van der Waals surface area contributed by atoms with Gasteiger partial charge in [0.05, 0.1) is 16.6 Å². The third kappa shape index (κ3) is 5.18. The molecule has 2 heterocycles. The molecule has 0 radical (unpaired) electrons. The molecule has 7 nitrogen and oxygen atoms in total. The molecule has 0 bridgehead atoms. The lowest BCUT2D eigenvalue weighted by atomic mass is 9.87. The van der Waals surface area contributed by atoms with Gasteiger partial charge in [-0.05, 0) is 55.2 Å². The highest BCUT2D eigenvalue weighted by Gasteiger charge is 2.71. The maximum absolute atomic E-state index is 13.7. The van der Waals surface area contributed by atoms with Gasteiger partial charge >= 0.3 is 12.4 Å². The summed E-state index contributed by atoms with van der Waals surface area (Å²) in [6.45, 7) is 0.606. The van der Waals surface area contributed by atoms with Crippen LogP contribution in [0.25, 0.3) is 0 Å². The number of fused-ring (bicyclic) bond motifs is 1. The van der Waals surface area contributed by atoms with Crippen LogP contribution in [0.2, 0.25) is 0 Å². The fourth-order valence-electron chi connectivity index (χ4n) is 4.93. The average molecular weight is 584 g/mol. The zero-order valence-corrected chi connectivity index (χ0v) is 21.0. The largest absolute Gasteiger partial charge is 0.430 e. The smallest absolute Gasteiger partial charge is 0.369 e. The summed E-state index contributed by atoms with van der Waals surface area (Å²) < 4.78 is 122. The van der Waals surface area contributed by atoms with Crippen molar-refractivity contribution in [3.05, 3.63) is 59.4 Å². The minimum absolute atomic E-state index is 0.126. The SMILES string of the molecule is N[C@H]1CCN(C(=O)C[C@@H]2CCc3cc(C(O)(C(F)(F)F)C(F)(F)F)ccc3N2S(=O)(=O)c2ccc(F)cc2)C1. The number of carbonyl (C=O) groups excluding carboxylic acids is 1. The molecule has 4 rings (SSSR count). The van der Waals surface area contributed by atoms with Crippen molar-refractivity contribution in [3.63, 3.8) is 0 Å². The van der Waals surface area contributed by atoms with Crippen molar-refractivity contribution in [1.29, 1.82) is 0 Å². The Hall–Kier alpha value is -2.91. The Kier molecular flexibility index (Phi) is 7.40. The number of carbonyl (C=O) groups is 1. The Balaban J connectivity index is 1.80. The molecule has 15 heteroatoms. The van der Waals surface area contributed by atoms with Gasteiger partial charge < -0.3 is 15.7 Å². The lowest BCUT2D eigenvalue weighted by molar-refractivity contribution is -0.376. The van der Waals surface area contributed by atoms with Crippen LogP contribution in [0, 0.1) is 5.82 Å². The normalized spacial score (nSPS) is 20.7. The van der Waals surface area contributed by atoms with E-state index in [1.54, 1.807) is 0 Å². The topological polar surface area (TPSA) is 104 Å². The van der Waals surface area contributed by atoms with E-state index in [2.05, 4.69) is 0 Å². The minimum Gasteiger partial charge on any atom is -0.369 e. The molecule has 214 valence electrons. The van der Waals surface area contributed by atoms with Gasteiger partial charge in [-0.2, -0.15) is 26.3 Å². The summed E-state index contributed by atoms with van der Waals surface area (Å²) in [6, 6.07) is 3.94. The number of nitrogens with zero attached hydrogens (tertiary/aromatic N) is 2. The lowest BCUT2D eigenvalue weighted by Crippen LogP contribution is -2.54. The summed E-state index contributed by atoms with van der Waals surface area (Å²) in [6.07, 6.45) is -12.3. The van der Waals surface area contributed by atoms with E-state index in [4.69, 9.17) is 5.73 Å². The molecule has 2 aromatic carbocycles. The van der Waals surface area contributed by atoms with Gasteiger partial charge in [-0.25, -0.2) is 12.8 Å². The Morgan fingerprint density at radius 3 is 2.15 bits per heavy atom. The molecule has 0 aromatic heterocycles. The molecule has 2 aliphatic rings. The van der Waals surface area contributed by atoms with E-state index in [0.29, 0.717) is 25.1 Å². The van der Waals surface area contributed by atoms with Crippen molar-refractivity contribution in [2.75, 3.05) is 17.4 Å². The summed E-state index contributed by atoms with van der Waals surface area (Å²) in [4.78, 5) is 14.0. The van der Waals surface area contributed by atoms with Crippen LogP contribution in [0.3, 0.4) is 0 Å². The van der Waals surface area contributed by atoms with Crippen LogP contribution in [-0.2, 0) is 26.8 Å². The third-order valence-corrected chi connectivity index (χ3v) is 8.87. The maximum Gasteiger partial charge on any atom is 0.430 e. The second-order valence-electron chi connectivity index (χ2n) is 9.59. The van der Waals surface area contributed by atoms with E-state index in [1.807, 2.05) is 0 Å². The monoisotopic (exact) mass is 583 g/mol. The molecule has 39 heavy (non-hydrogen) atoms. The highest BCUT2D eigenvalue weighted by atomic mass is 32.2. The van der Waals surface area contributed by atoms with Crippen molar-refractivity contribution < 1.29 is 49.1 Å². The van der Waals surface area contributed by atoms with Crippen LogP contribution in [0.5, 0.6) is 0 Å². The van der Waals surface area contributed by atoms with Gasteiger partial charge in [-0.3, -0.25) is 9.10 Å². The minimum atomic E-state index is -6.13. The molecule has 0 saturated carbocycles. The number of nitrogens with two attached hydrogens (primary N) is 1. The fourth-order valence-corrected chi connectivity index (χ4v) is 6.64. The Morgan fingerprint density at radius 1 is 1.00 bits per heavy atom. The number of hydrogen-bond acceptors (Lipinski definition) is 5. The molecular weight excluding hydrogens is 559 g/mol. The molecule has 3 N–H and O–H groups in total. The average Bonchev–Trinajstić information content (AvgIpc) is 3.28. The van der Waals surface area contributed by atoms with E-state index in [1.165, 1.54) is 4.90 Å². The van der Waals surface area contributed by atoms with Crippen molar-refractivity contribution in [2.24, 2.45) is 5.73 Å². The first-order chi connectivity index (χ1) is 18.0.